The van der Waals surface area contributed by atoms with Crippen LogP contribution in [0.4, 0.5) is 13.6 Å². The van der Waals surface area contributed by atoms with Gasteiger partial charge >= 0.3 is 6.03 Å². The maximum atomic E-state index is 15.5. The van der Waals surface area contributed by atoms with Crippen molar-refractivity contribution in [1.29, 1.82) is 0 Å². The summed E-state index contributed by atoms with van der Waals surface area (Å²) in [5.74, 6) is -0.927. The van der Waals surface area contributed by atoms with Crippen LogP contribution in [0.5, 0.6) is 0 Å². The summed E-state index contributed by atoms with van der Waals surface area (Å²) in [5.41, 5.74) is 1.08. The normalized spacial score (nSPS) is 23.0. The van der Waals surface area contributed by atoms with Crippen molar-refractivity contribution in [2.24, 2.45) is 0 Å². The third kappa shape index (κ3) is 4.48. The molecule has 5 rings (SSSR count). The molecular weight excluding hydrogens is 448 g/mol. The van der Waals surface area contributed by atoms with E-state index in [0.717, 1.165) is 6.42 Å². The molecule has 1 saturated carbocycles. The van der Waals surface area contributed by atoms with E-state index in [4.69, 9.17) is 0 Å². The minimum atomic E-state index is -3.46. The number of nitrogens with one attached hydrogen (secondary N) is 1. The Kier molecular flexibility index (Phi) is 5.86. The van der Waals surface area contributed by atoms with E-state index < -0.39 is 33.7 Å². The molecular formula is C24H27F2N3O3S. The van der Waals surface area contributed by atoms with E-state index in [-0.39, 0.29) is 23.3 Å². The third-order valence-electron chi connectivity index (χ3n) is 6.84. The fourth-order valence-corrected chi connectivity index (χ4v) is 6.34. The number of nitrogens with zero attached hydrogens (tertiary/aromatic N) is 2. The monoisotopic (exact) mass is 475 g/mol. The number of hydrogen-bond donors (Lipinski definition) is 1. The number of benzene rings is 2. The summed E-state index contributed by atoms with van der Waals surface area (Å²) in [6, 6.07) is 9.62. The highest BCUT2D eigenvalue weighted by Gasteiger charge is 2.44. The summed E-state index contributed by atoms with van der Waals surface area (Å²) < 4.78 is 57.3. The fraction of sp³-hybridized carbons (Fsp3) is 0.458. The van der Waals surface area contributed by atoms with Crippen LogP contribution in [0.2, 0.25) is 0 Å². The minimum Gasteiger partial charge on any atom is -0.325 e. The SMILES string of the molecule is O=C(N1CCC1)N1CC[C@H](NS(=O)(=O)C2CC2)[C@@H]1Cc1cccc(-c2cccc(F)c2)c1F. The molecule has 3 fully saturated rings. The van der Waals surface area contributed by atoms with E-state index >= 15 is 4.39 Å². The van der Waals surface area contributed by atoms with Gasteiger partial charge in [0.25, 0.3) is 0 Å². The van der Waals surface area contributed by atoms with Crippen LogP contribution < -0.4 is 4.72 Å². The molecule has 2 heterocycles. The van der Waals surface area contributed by atoms with Crippen LogP contribution in [0, 0.1) is 11.6 Å². The number of halogens is 2. The molecule has 2 aliphatic heterocycles. The Bertz CT molecular complexity index is 1170. The quantitative estimate of drug-likeness (QED) is 0.695. The van der Waals surface area contributed by atoms with Gasteiger partial charge < -0.3 is 9.80 Å². The largest absolute Gasteiger partial charge is 0.325 e. The number of rotatable bonds is 6. The predicted molar refractivity (Wildman–Crippen MR) is 121 cm³/mol. The van der Waals surface area contributed by atoms with Crippen LogP contribution in [0.15, 0.2) is 42.5 Å². The van der Waals surface area contributed by atoms with E-state index in [0.29, 0.717) is 50.0 Å². The van der Waals surface area contributed by atoms with Crippen LogP contribution in [0.1, 0.15) is 31.2 Å². The average Bonchev–Trinajstić information content (AvgIpc) is 3.53. The van der Waals surface area contributed by atoms with Crippen LogP contribution in [0.3, 0.4) is 0 Å². The molecule has 176 valence electrons. The van der Waals surface area contributed by atoms with Crippen LogP contribution in [0.25, 0.3) is 11.1 Å². The first-order valence-corrected chi connectivity index (χ1v) is 13.0. The van der Waals surface area contributed by atoms with E-state index in [1.54, 1.807) is 34.1 Å². The second-order valence-electron chi connectivity index (χ2n) is 9.13. The summed E-state index contributed by atoms with van der Waals surface area (Å²) in [6.07, 6.45) is 2.90. The third-order valence-corrected chi connectivity index (χ3v) is 8.82. The van der Waals surface area contributed by atoms with Crippen molar-refractivity contribution < 1.29 is 22.0 Å². The second kappa shape index (κ2) is 8.68. The zero-order valence-electron chi connectivity index (χ0n) is 18.2. The van der Waals surface area contributed by atoms with Gasteiger partial charge in [-0.25, -0.2) is 26.7 Å². The van der Waals surface area contributed by atoms with Crippen LogP contribution in [-0.4, -0.2) is 61.2 Å². The Labute approximate surface area is 192 Å². The highest BCUT2D eigenvalue weighted by molar-refractivity contribution is 7.90. The zero-order valence-corrected chi connectivity index (χ0v) is 19.0. The fourth-order valence-electron chi connectivity index (χ4n) is 4.70. The molecule has 2 aromatic rings. The van der Waals surface area contributed by atoms with Crippen molar-refractivity contribution in [3.05, 3.63) is 59.7 Å². The lowest BCUT2D eigenvalue weighted by atomic mass is 9.96. The lowest BCUT2D eigenvalue weighted by molar-refractivity contribution is 0.120. The first-order chi connectivity index (χ1) is 15.8. The molecule has 0 unspecified atom stereocenters. The number of amides is 2. The maximum absolute atomic E-state index is 15.5. The Morgan fingerprint density at radius 3 is 2.45 bits per heavy atom. The van der Waals surface area contributed by atoms with Crippen molar-refractivity contribution in [2.75, 3.05) is 19.6 Å². The van der Waals surface area contributed by atoms with Crippen LogP contribution in [-0.2, 0) is 16.4 Å². The minimum absolute atomic E-state index is 0.124. The topological polar surface area (TPSA) is 69.7 Å². The number of carbonyl (C=O) groups excluding carboxylic acids is 1. The van der Waals surface area contributed by atoms with Crippen molar-refractivity contribution in [1.82, 2.24) is 14.5 Å². The molecule has 2 aromatic carbocycles. The van der Waals surface area contributed by atoms with Gasteiger partial charge in [0.1, 0.15) is 11.6 Å². The molecule has 33 heavy (non-hydrogen) atoms. The zero-order chi connectivity index (χ0) is 23.2. The number of urea groups is 1. The summed E-state index contributed by atoms with van der Waals surface area (Å²) in [4.78, 5) is 16.5. The smallest absolute Gasteiger partial charge is 0.320 e. The van der Waals surface area contributed by atoms with Gasteiger partial charge in [0.2, 0.25) is 10.0 Å². The highest BCUT2D eigenvalue weighted by Crippen LogP contribution is 2.32. The number of carbonyl (C=O) groups is 1. The molecule has 2 saturated heterocycles. The molecule has 9 heteroatoms. The van der Waals surface area contributed by atoms with Gasteiger partial charge in [0.15, 0.2) is 0 Å². The first kappa shape index (κ1) is 22.3. The van der Waals surface area contributed by atoms with Crippen LogP contribution >= 0.6 is 0 Å². The molecule has 3 aliphatic rings. The van der Waals surface area contributed by atoms with Gasteiger partial charge in [-0.1, -0.05) is 30.3 Å². The van der Waals surface area contributed by atoms with Gasteiger partial charge in [-0.2, -0.15) is 0 Å². The van der Waals surface area contributed by atoms with Gasteiger partial charge in [0.05, 0.1) is 11.3 Å². The van der Waals surface area contributed by atoms with Gasteiger partial charge in [-0.05, 0) is 55.4 Å². The molecule has 2 amide bonds. The van der Waals surface area contributed by atoms with Crippen molar-refractivity contribution >= 4 is 16.1 Å². The maximum Gasteiger partial charge on any atom is 0.320 e. The molecule has 2 atom stereocenters. The predicted octanol–water partition coefficient (Wildman–Crippen LogP) is 3.52. The average molecular weight is 476 g/mol. The molecule has 0 aromatic heterocycles. The summed E-state index contributed by atoms with van der Waals surface area (Å²) >= 11 is 0. The van der Waals surface area contributed by atoms with Gasteiger partial charge in [-0.15, -0.1) is 0 Å². The molecule has 1 aliphatic carbocycles. The Morgan fingerprint density at radius 2 is 1.79 bits per heavy atom. The van der Waals surface area contributed by atoms with E-state index in [9.17, 15) is 17.6 Å². The Hall–Kier alpha value is -2.52. The van der Waals surface area contributed by atoms with E-state index in [2.05, 4.69) is 4.72 Å². The molecule has 6 nitrogen and oxygen atoms in total. The molecule has 0 spiro atoms. The van der Waals surface area contributed by atoms with E-state index in [1.807, 2.05) is 0 Å². The Balaban J connectivity index is 1.44. The van der Waals surface area contributed by atoms with Crippen molar-refractivity contribution in [3.8, 4) is 11.1 Å². The molecule has 1 N–H and O–H groups in total. The van der Waals surface area contributed by atoms with Crippen molar-refractivity contribution in [3.63, 3.8) is 0 Å². The Morgan fingerprint density at radius 1 is 1.03 bits per heavy atom. The van der Waals surface area contributed by atoms with Gasteiger partial charge in [0, 0.05) is 31.2 Å². The van der Waals surface area contributed by atoms with E-state index in [1.165, 1.54) is 18.2 Å². The summed E-state index contributed by atoms with van der Waals surface area (Å²) in [5, 5.41) is -0.369. The summed E-state index contributed by atoms with van der Waals surface area (Å²) in [6.45, 7) is 1.79. The first-order valence-electron chi connectivity index (χ1n) is 11.4. The number of hydrogen-bond acceptors (Lipinski definition) is 3. The molecule has 0 radical (unpaired) electrons. The lowest BCUT2D eigenvalue weighted by Crippen LogP contribution is -2.54. The lowest BCUT2D eigenvalue weighted by Gasteiger charge is -2.38. The number of sulfonamides is 1. The molecule has 0 bridgehead atoms. The second-order valence-corrected chi connectivity index (χ2v) is 11.1. The highest BCUT2D eigenvalue weighted by atomic mass is 32.2. The van der Waals surface area contributed by atoms with Crippen molar-refractivity contribution in [2.45, 2.75) is 49.4 Å². The number of likely N-dealkylation sites (tertiary alicyclic amines) is 2. The standard InChI is InChI=1S/C24H27F2N3O3S/c25-18-6-1-4-16(14-18)20-7-2-5-17(23(20)26)15-22-21(27-33(31,32)19-8-9-19)10-13-29(22)24(30)28-11-3-12-28/h1-2,4-7,14,19,21-22,27H,3,8-13,15H2/t21-,22-/m0/s1. The van der Waals surface area contributed by atoms with Gasteiger partial charge in [-0.3, -0.25) is 0 Å². The summed E-state index contributed by atoms with van der Waals surface area (Å²) in [7, 11) is -3.46.